The standard InChI is InChI=1S/C10H14BrNO2S2/c1-16(13,14)6-2-5-15-10-7-8(11)3-4-9(10)12/h3-4,7H,2,5-6,12H2,1H3. The Hall–Kier alpha value is -0.200. The Morgan fingerprint density at radius 3 is 2.75 bits per heavy atom. The highest BCUT2D eigenvalue weighted by Gasteiger charge is 2.04. The smallest absolute Gasteiger partial charge is 0.147 e. The Bertz CT molecular complexity index is 460. The molecule has 0 saturated carbocycles. The second kappa shape index (κ2) is 5.93. The molecule has 0 aliphatic heterocycles. The maximum atomic E-state index is 10.9. The van der Waals surface area contributed by atoms with Crippen LogP contribution in [0.25, 0.3) is 0 Å². The van der Waals surface area contributed by atoms with E-state index >= 15 is 0 Å². The molecule has 0 fully saturated rings. The highest BCUT2D eigenvalue weighted by Crippen LogP contribution is 2.28. The van der Waals surface area contributed by atoms with Crippen molar-refractivity contribution in [2.45, 2.75) is 11.3 Å². The van der Waals surface area contributed by atoms with Crippen LogP contribution in [0.4, 0.5) is 5.69 Å². The Labute approximate surface area is 109 Å². The van der Waals surface area contributed by atoms with Crippen LogP contribution in [-0.2, 0) is 9.84 Å². The van der Waals surface area contributed by atoms with Crippen molar-refractivity contribution in [2.24, 2.45) is 0 Å². The summed E-state index contributed by atoms with van der Waals surface area (Å²) in [5.74, 6) is 0.988. The SMILES string of the molecule is CS(=O)(=O)CCCSc1cc(Br)ccc1N. The first-order valence-electron chi connectivity index (χ1n) is 4.74. The van der Waals surface area contributed by atoms with Gasteiger partial charge in [-0.2, -0.15) is 0 Å². The zero-order chi connectivity index (χ0) is 12.2. The Morgan fingerprint density at radius 2 is 2.12 bits per heavy atom. The van der Waals surface area contributed by atoms with Crippen molar-refractivity contribution in [3.63, 3.8) is 0 Å². The quantitative estimate of drug-likeness (QED) is 0.514. The van der Waals surface area contributed by atoms with Crippen LogP contribution in [0.15, 0.2) is 27.6 Å². The molecular formula is C10H14BrNO2S2. The number of hydrogen-bond acceptors (Lipinski definition) is 4. The minimum Gasteiger partial charge on any atom is -0.398 e. The molecule has 0 saturated heterocycles. The molecule has 0 amide bonds. The summed E-state index contributed by atoms with van der Waals surface area (Å²) in [6, 6.07) is 5.67. The van der Waals surface area contributed by atoms with E-state index in [1.807, 2.05) is 18.2 Å². The molecule has 0 bridgehead atoms. The van der Waals surface area contributed by atoms with Gasteiger partial charge in [0.2, 0.25) is 0 Å². The van der Waals surface area contributed by atoms with Crippen LogP contribution in [0.1, 0.15) is 6.42 Å². The molecular weight excluding hydrogens is 310 g/mol. The van der Waals surface area contributed by atoms with E-state index in [-0.39, 0.29) is 5.75 Å². The normalized spacial score (nSPS) is 11.6. The molecule has 16 heavy (non-hydrogen) atoms. The van der Waals surface area contributed by atoms with Crippen LogP contribution >= 0.6 is 27.7 Å². The van der Waals surface area contributed by atoms with Crippen molar-refractivity contribution in [3.8, 4) is 0 Å². The van der Waals surface area contributed by atoms with Crippen LogP contribution in [0, 0.1) is 0 Å². The molecule has 0 heterocycles. The molecule has 0 aromatic heterocycles. The van der Waals surface area contributed by atoms with E-state index in [1.165, 1.54) is 6.26 Å². The van der Waals surface area contributed by atoms with Crippen molar-refractivity contribution >= 4 is 43.2 Å². The van der Waals surface area contributed by atoms with Gasteiger partial charge >= 0.3 is 0 Å². The highest BCUT2D eigenvalue weighted by atomic mass is 79.9. The van der Waals surface area contributed by atoms with Gasteiger partial charge in [-0.1, -0.05) is 15.9 Å². The van der Waals surface area contributed by atoms with E-state index in [9.17, 15) is 8.42 Å². The summed E-state index contributed by atoms with van der Waals surface area (Å²) < 4.78 is 22.8. The van der Waals surface area contributed by atoms with Crippen molar-refractivity contribution in [3.05, 3.63) is 22.7 Å². The molecule has 0 unspecified atom stereocenters. The van der Waals surface area contributed by atoms with E-state index in [1.54, 1.807) is 11.8 Å². The molecule has 1 aromatic carbocycles. The first kappa shape index (κ1) is 13.9. The summed E-state index contributed by atoms with van der Waals surface area (Å²) >= 11 is 4.95. The minimum absolute atomic E-state index is 0.230. The summed E-state index contributed by atoms with van der Waals surface area (Å²) in [5.41, 5.74) is 6.53. The number of nitrogens with two attached hydrogens (primary N) is 1. The molecule has 0 aliphatic carbocycles. The predicted molar refractivity (Wildman–Crippen MR) is 73.6 cm³/mol. The predicted octanol–water partition coefficient (Wildman–Crippen LogP) is 2.56. The van der Waals surface area contributed by atoms with Gasteiger partial charge in [-0.05, 0) is 30.4 Å². The summed E-state index contributed by atoms with van der Waals surface area (Å²) in [6.45, 7) is 0. The monoisotopic (exact) mass is 323 g/mol. The molecule has 6 heteroatoms. The van der Waals surface area contributed by atoms with E-state index in [4.69, 9.17) is 5.73 Å². The molecule has 0 spiro atoms. The van der Waals surface area contributed by atoms with E-state index in [0.717, 1.165) is 20.8 Å². The minimum atomic E-state index is -2.85. The van der Waals surface area contributed by atoms with Crippen LogP contribution in [0.2, 0.25) is 0 Å². The fourth-order valence-corrected chi connectivity index (χ4v) is 3.45. The van der Waals surface area contributed by atoms with Gasteiger partial charge in [0.15, 0.2) is 0 Å². The third-order valence-corrected chi connectivity index (χ3v) is 4.57. The van der Waals surface area contributed by atoms with Gasteiger partial charge in [0.25, 0.3) is 0 Å². The van der Waals surface area contributed by atoms with Crippen LogP contribution in [0.3, 0.4) is 0 Å². The lowest BCUT2D eigenvalue weighted by molar-refractivity contribution is 0.600. The van der Waals surface area contributed by atoms with Crippen molar-refractivity contribution in [2.75, 3.05) is 23.5 Å². The Morgan fingerprint density at radius 1 is 1.44 bits per heavy atom. The number of rotatable bonds is 5. The third-order valence-electron chi connectivity index (χ3n) is 1.89. The topological polar surface area (TPSA) is 60.2 Å². The second-order valence-corrected chi connectivity index (χ2v) is 7.83. The van der Waals surface area contributed by atoms with Gasteiger partial charge in [0.1, 0.15) is 9.84 Å². The van der Waals surface area contributed by atoms with Crippen molar-refractivity contribution in [1.82, 2.24) is 0 Å². The molecule has 1 aromatic rings. The van der Waals surface area contributed by atoms with Gasteiger partial charge < -0.3 is 5.73 Å². The molecule has 3 nitrogen and oxygen atoms in total. The third kappa shape index (κ3) is 5.23. The fourth-order valence-electron chi connectivity index (χ4n) is 1.14. The van der Waals surface area contributed by atoms with Gasteiger partial charge in [-0.25, -0.2) is 8.42 Å². The maximum absolute atomic E-state index is 10.9. The Balaban J connectivity index is 2.46. The van der Waals surface area contributed by atoms with E-state index < -0.39 is 9.84 Å². The lowest BCUT2D eigenvalue weighted by atomic mass is 10.3. The first-order valence-corrected chi connectivity index (χ1v) is 8.58. The summed E-state index contributed by atoms with van der Waals surface area (Å²) in [7, 11) is -2.85. The number of anilines is 1. The van der Waals surface area contributed by atoms with Crippen molar-refractivity contribution in [1.29, 1.82) is 0 Å². The van der Waals surface area contributed by atoms with E-state index in [2.05, 4.69) is 15.9 Å². The average Bonchev–Trinajstić information content (AvgIpc) is 2.16. The lowest BCUT2D eigenvalue weighted by Crippen LogP contribution is -2.03. The summed E-state index contributed by atoms with van der Waals surface area (Å²) in [4.78, 5) is 0.989. The van der Waals surface area contributed by atoms with Crippen molar-refractivity contribution < 1.29 is 8.42 Å². The summed E-state index contributed by atoms with van der Waals surface area (Å²) in [6.07, 6.45) is 1.90. The van der Waals surface area contributed by atoms with Gasteiger partial charge in [0, 0.05) is 21.3 Å². The number of thioether (sulfide) groups is 1. The highest BCUT2D eigenvalue weighted by molar-refractivity contribution is 9.10. The maximum Gasteiger partial charge on any atom is 0.147 e. The van der Waals surface area contributed by atoms with Gasteiger partial charge in [-0.15, -0.1) is 11.8 Å². The number of benzene rings is 1. The molecule has 0 atom stereocenters. The molecule has 2 N–H and O–H groups in total. The zero-order valence-corrected chi connectivity index (χ0v) is 12.2. The number of sulfone groups is 1. The van der Waals surface area contributed by atoms with Crippen LogP contribution in [0.5, 0.6) is 0 Å². The van der Waals surface area contributed by atoms with Gasteiger partial charge in [0.05, 0.1) is 5.75 Å². The zero-order valence-electron chi connectivity index (χ0n) is 8.94. The first-order chi connectivity index (χ1) is 7.38. The molecule has 0 radical (unpaired) electrons. The molecule has 0 aliphatic rings. The van der Waals surface area contributed by atoms with Crippen LogP contribution < -0.4 is 5.73 Å². The average molecular weight is 324 g/mol. The Kier molecular flexibility index (Phi) is 5.14. The summed E-state index contributed by atoms with van der Waals surface area (Å²) in [5, 5.41) is 0. The van der Waals surface area contributed by atoms with Gasteiger partial charge in [-0.3, -0.25) is 0 Å². The molecule has 1 rings (SSSR count). The fraction of sp³-hybridized carbons (Fsp3) is 0.400. The van der Waals surface area contributed by atoms with Crippen LogP contribution in [-0.4, -0.2) is 26.2 Å². The second-order valence-electron chi connectivity index (χ2n) is 3.51. The largest absolute Gasteiger partial charge is 0.398 e. The van der Waals surface area contributed by atoms with E-state index in [0.29, 0.717) is 6.42 Å². The number of nitrogen functional groups attached to an aromatic ring is 1. The number of hydrogen-bond donors (Lipinski definition) is 1. The molecule has 90 valence electrons. The number of halogens is 1. The lowest BCUT2D eigenvalue weighted by Gasteiger charge is -2.05.